The van der Waals surface area contributed by atoms with Crippen LogP contribution in [-0.4, -0.2) is 11.0 Å². The van der Waals surface area contributed by atoms with Crippen molar-refractivity contribution >= 4 is 10.9 Å². The average molecular weight is 224 g/mol. The molecule has 1 unspecified atom stereocenters. The second kappa shape index (κ2) is 5.47. The summed E-state index contributed by atoms with van der Waals surface area (Å²) in [6, 6.07) is 9.96. The highest BCUT2D eigenvalue weighted by molar-refractivity contribution is 5.84. The van der Waals surface area contributed by atoms with Crippen molar-refractivity contribution in [3.8, 4) is 11.8 Å². The Labute approximate surface area is 102 Å². The van der Waals surface area contributed by atoms with Crippen molar-refractivity contribution in [1.82, 2.24) is 4.98 Å². The fraction of sp³-hybridized carbons (Fsp3) is 0.267. The van der Waals surface area contributed by atoms with Gasteiger partial charge in [-0.05, 0) is 18.6 Å². The summed E-state index contributed by atoms with van der Waals surface area (Å²) in [5, 5.41) is 1.11. The lowest BCUT2D eigenvalue weighted by atomic mass is 10.1. The normalized spacial score (nSPS) is 11.9. The van der Waals surface area contributed by atoms with Crippen LogP contribution in [0, 0.1) is 11.8 Å². The van der Waals surface area contributed by atoms with Gasteiger partial charge in [0.15, 0.2) is 0 Å². The van der Waals surface area contributed by atoms with Crippen LogP contribution in [0.2, 0.25) is 0 Å². The van der Waals surface area contributed by atoms with E-state index < -0.39 is 0 Å². The van der Waals surface area contributed by atoms with Gasteiger partial charge in [-0.2, -0.15) is 0 Å². The van der Waals surface area contributed by atoms with E-state index in [4.69, 9.17) is 5.73 Å². The van der Waals surface area contributed by atoms with Gasteiger partial charge in [-0.15, -0.1) is 0 Å². The summed E-state index contributed by atoms with van der Waals surface area (Å²) in [5.41, 5.74) is 7.79. The van der Waals surface area contributed by atoms with Crippen LogP contribution in [0.5, 0.6) is 0 Å². The fourth-order valence-electron chi connectivity index (χ4n) is 1.76. The number of nitrogens with two attached hydrogens (primary N) is 1. The lowest BCUT2D eigenvalue weighted by Crippen LogP contribution is -2.16. The second-order valence-corrected chi connectivity index (χ2v) is 4.05. The molecule has 0 spiro atoms. The first kappa shape index (κ1) is 11.6. The molecule has 1 heterocycles. The van der Waals surface area contributed by atoms with Crippen LogP contribution in [0.1, 0.15) is 25.3 Å². The van der Waals surface area contributed by atoms with Gasteiger partial charge in [-0.25, -0.2) is 0 Å². The zero-order chi connectivity index (χ0) is 12.1. The molecule has 0 bridgehead atoms. The largest absolute Gasteiger partial charge is 0.318 e. The average Bonchev–Trinajstić information content (AvgIpc) is 2.36. The summed E-state index contributed by atoms with van der Waals surface area (Å²) in [5.74, 6) is 6.21. The van der Waals surface area contributed by atoms with Gasteiger partial charge in [0.1, 0.15) is 0 Å². The molecule has 2 aromatic rings. The van der Waals surface area contributed by atoms with Crippen LogP contribution in [0.15, 0.2) is 36.5 Å². The smallest absolute Gasteiger partial charge is 0.0858 e. The second-order valence-electron chi connectivity index (χ2n) is 4.05. The van der Waals surface area contributed by atoms with Crippen molar-refractivity contribution in [3.63, 3.8) is 0 Å². The Morgan fingerprint density at radius 2 is 2.12 bits per heavy atom. The molecule has 1 atom stereocenters. The minimum Gasteiger partial charge on any atom is -0.318 e. The number of hydrogen-bond donors (Lipinski definition) is 1. The van der Waals surface area contributed by atoms with Crippen LogP contribution >= 0.6 is 0 Å². The molecule has 0 saturated heterocycles. The third-order valence-electron chi connectivity index (χ3n) is 2.62. The highest BCUT2D eigenvalue weighted by Gasteiger charge is 1.99. The molecule has 0 aliphatic rings. The van der Waals surface area contributed by atoms with E-state index in [2.05, 4.69) is 23.7 Å². The Bertz CT molecular complexity index is 558. The van der Waals surface area contributed by atoms with Crippen molar-refractivity contribution in [2.45, 2.75) is 25.8 Å². The third-order valence-corrected chi connectivity index (χ3v) is 2.62. The Balaban J connectivity index is 2.36. The molecule has 0 aliphatic carbocycles. The van der Waals surface area contributed by atoms with Gasteiger partial charge in [0.05, 0.1) is 17.1 Å². The highest BCUT2D eigenvalue weighted by atomic mass is 14.6. The Morgan fingerprint density at radius 3 is 2.94 bits per heavy atom. The number of pyridine rings is 1. The van der Waals surface area contributed by atoms with Crippen LogP contribution in [0.4, 0.5) is 0 Å². The Kier molecular flexibility index (Phi) is 3.74. The number of nitrogens with zero attached hydrogens (tertiary/aromatic N) is 1. The summed E-state index contributed by atoms with van der Waals surface area (Å²) in [6.45, 7) is 2.11. The minimum atomic E-state index is -0.0426. The molecule has 2 nitrogen and oxygen atoms in total. The molecule has 0 fully saturated rings. The van der Waals surface area contributed by atoms with Crippen molar-refractivity contribution in [2.24, 2.45) is 5.73 Å². The molecule has 0 aliphatic heterocycles. The molecule has 1 aromatic carbocycles. The molecule has 2 N–H and O–H groups in total. The molecule has 86 valence electrons. The van der Waals surface area contributed by atoms with E-state index in [1.54, 1.807) is 6.20 Å². The zero-order valence-corrected chi connectivity index (χ0v) is 9.98. The van der Waals surface area contributed by atoms with E-state index in [0.29, 0.717) is 0 Å². The summed E-state index contributed by atoms with van der Waals surface area (Å²) in [7, 11) is 0. The van der Waals surface area contributed by atoms with Crippen molar-refractivity contribution in [1.29, 1.82) is 0 Å². The molecular weight excluding hydrogens is 208 g/mol. The van der Waals surface area contributed by atoms with Gasteiger partial charge >= 0.3 is 0 Å². The molecule has 2 heteroatoms. The molecule has 2 rings (SSSR count). The first-order valence-corrected chi connectivity index (χ1v) is 5.92. The van der Waals surface area contributed by atoms with Crippen molar-refractivity contribution in [3.05, 3.63) is 42.1 Å². The molecule has 1 aromatic heterocycles. The standard InChI is InChI=1S/C15H16N2/c1-2-5-14(16)10-9-13-7-3-6-12-8-4-11-17-15(12)13/h3-4,6-8,11,14H,2,5,16H2,1H3. The quantitative estimate of drug-likeness (QED) is 0.797. The van der Waals surface area contributed by atoms with Gasteiger partial charge in [0, 0.05) is 11.6 Å². The van der Waals surface area contributed by atoms with Gasteiger partial charge in [-0.3, -0.25) is 4.98 Å². The minimum absolute atomic E-state index is 0.0426. The van der Waals surface area contributed by atoms with Crippen LogP contribution in [0.3, 0.4) is 0 Å². The maximum Gasteiger partial charge on any atom is 0.0858 e. The number of rotatable bonds is 2. The molecule has 0 amide bonds. The Hall–Kier alpha value is -1.85. The predicted octanol–water partition coefficient (Wildman–Crippen LogP) is 2.71. The first-order chi connectivity index (χ1) is 8.31. The number of benzene rings is 1. The van der Waals surface area contributed by atoms with Crippen LogP contribution in [-0.2, 0) is 0 Å². The van der Waals surface area contributed by atoms with Crippen LogP contribution < -0.4 is 5.73 Å². The van der Waals surface area contributed by atoms with E-state index in [1.807, 2.05) is 30.3 Å². The summed E-state index contributed by atoms with van der Waals surface area (Å²) < 4.78 is 0. The van der Waals surface area contributed by atoms with Gasteiger partial charge in [0.2, 0.25) is 0 Å². The maximum atomic E-state index is 5.88. The predicted molar refractivity (Wildman–Crippen MR) is 71.5 cm³/mol. The molecule has 0 saturated carbocycles. The monoisotopic (exact) mass is 224 g/mol. The summed E-state index contributed by atoms with van der Waals surface area (Å²) in [6.07, 6.45) is 3.79. The lowest BCUT2D eigenvalue weighted by Gasteiger charge is -2.01. The molecular formula is C15H16N2. The van der Waals surface area contributed by atoms with E-state index in [0.717, 1.165) is 29.3 Å². The molecule has 17 heavy (non-hydrogen) atoms. The number of aromatic nitrogens is 1. The zero-order valence-electron chi connectivity index (χ0n) is 9.98. The third kappa shape index (κ3) is 2.83. The number of fused-ring (bicyclic) bond motifs is 1. The Morgan fingerprint density at radius 1 is 1.29 bits per heavy atom. The van der Waals surface area contributed by atoms with E-state index >= 15 is 0 Å². The van der Waals surface area contributed by atoms with E-state index in [-0.39, 0.29) is 6.04 Å². The van der Waals surface area contributed by atoms with Gasteiger partial charge < -0.3 is 5.73 Å². The number of para-hydroxylation sites is 1. The maximum absolute atomic E-state index is 5.88. The van der Waals surface area contributed by atoms with Crippen molar-refractivity contribution < 1.29 is 0 Å². The van der Waals surface area contributed by atoms with Gasteiger partial charge in [0.25, 0.3) is 0 Å². The summed E-state index contributed by atoms with van der Waals surface area (Å²) in [4.78, 5) is 4.36. The molecule has 0 radical (unpaired) electrons. The first-order valence-electron chi connectivity index (χ1n) is 5.92. The number of hydrogen-bond acceptors (Lipinski definition) is 2. The van der Waals surface area contributed by atoms with Crippen molar-refractivity contribution in [2.75, 3.05) is 0 Å². The van der Waals surface area contributed by atoms with E-state index in [9.17, 15) is 0 Å². The van der Waals surface area contributed by atoms with Gasteiger partial charge in [-0.1, -0.05) is 43.4 Å². The van der Waals surface area contributed by atoms with Crippen LogP contribution in [0.25, 0.3) is 10.9 Å². The highest BCUT2D eigenvalue weighted by Crippen LogP contribution is 2.14. The van der Waals surface area contributed by atoms with E-state index in [1.165, 1.54) is 0 Å². The topological polar surface area (TPSA) is 38.9 Å². The summed E-state index contributed by atoms with van der Waals surface area (Å²) >= 11 is 0. The lowest BCUT2D eigenvalue weighted by molar-refractivity contribution is 0.720. The SMILES string of the molecule is CCCC(N)C#Cc1cccc2cccnc12. The fourth-order valence-corrected chi connectivity index (χ4v) is 1.76.